The van der Waals surface area contributed by atoms with E-state index in [-0.39, 0.29) is 0 Å². The van der Waals surface area contributed by atoms with Crippen molar-refractivity contribution in [2.45, 2.75) is 25.9 Å². The van der Waals surface area contributed by atoms with Gasteiger partial charge in [-0.25, -0.2) is 0 Å². The van der Waals surface area contributed by atoms with Crippen LogP contribution in [0.1, 0.15) is 31.6 Å². The summed E-state index contributed by atoms with van der Waals surface area (Å²) in [5.41, 5.74) is 1.00. The van der Waals surface area contributed by atoms with Crippen LogP contribution in [0.3, 0.4) is 0 Å². The second-order valence-corrected chi connectivity index (χ2v) is 3.34. The fourth-order valence-electron chi connectivity index (χ4n) is 1.03. The molecule has 0 saturated heterocycles. The minimum Gasteiger partial charge on any atom is -0.447 e. The lowest BCUT2D eigenvalue weighted by Gasteiger charge is -2.07. The highest BCUT2D eigenvalue weighted by atomic mass is 35.5. The second-order valence-electron chi connectivity index (χ2n) is 2.97. The molecule has 0 saturated carbocycles. The third-order valence-electron chi connectivity index (χ3n) is 1.90. The van der Waals surface area contributed by atoms with Gasteiger partial charge in [0.1, 0.15) is 11.9 Å². The number of hydrogen-bond donors (Lipinski definition) is 1. The van der Waals surface area contributed by atoms with Crippen molar-refractivity contribution in [2.75, 3.05) is 0 Å². The molecule has 2 nitrogen and oxygen atoms in total. The largest absolute Gasteiger partial charge is 0.447 e. The van der Waals surface area contributed by atoms with Gasteiger partial charge < -0.3 is 9.52 Å². The molecular weight excluding hydrogens is 188 g/mol. The number of aliphatic hydroxyl groups excluding tert-OH is 1. The number of rotatable bonds is 4. The summed E-state index contributed by atoms with van der Waals surface area (Å²) in [6, 6.07) is 3.30. The first-order chi connectivity index (χ1) is 6.13. The Kier molecular flexibility index (Phi) is 3.58. The standard InChI is InChI=1S/C10H13ClO2/c1-3-7(2)6-8(12)9-4-5-10(11)13-9/h4-5,8,12H,2-3,6H2,1H3. The lowest BCUT2D eigenvalue weighted by atomic mass is 10.1. The van der Waals surface area contributed by atoms with Crippen LogP contribution in [-0.2, 0) is 0 Å². The molecule has 1 N–H and O–H groups in total. The van der Waals surface area contributed by atoms with Crippen LogP contribution in [0.5, 0.6) is 0 Å². The predicted molar refractivity (Wildman–Crippen MR) is 52.7 cm³/mol. The van der Waals surface area contributed by atoms with E-state index in [0.717, 1.165) is 12.0 Å². The maximum absolute atomic E-state index is 9.62. The fraction of sp³-hybridized carbons (Fsp3) is 0.400. The van der Waals surface area contributed by atoms with E-state index < -0.39 is 6.10 Å². The zero-order chi connectivity index (χ0) is 9.84. The van der Waals surface area contributed by atoms with Crippen molar-refractivity contribution >= 4 is 11.6 Å². The average molecular weight is 201 g/mol. The van der Waals surface area contributed by atoms with E-state index in [1.54, 1.807) is 12.1 Å². The molecule has 0 aliphatic carbocycles. The molecule has 0 spiro atoms. The Morgan fingerprint density at radius 2 is 2.38 bits per heavy atom. The molecule has 0 radical (unpaired) electrons. The normalized spacial score (nSPS) is 12.8. The minimum absolute atomic E-state index is 0.302. The van der Waals surface area contributed by atoms with Gasteiger partial charge in [-0.2, -0.15) is 0 Å². The van der Waals surface area contributed by atoms with Crippen LogP contribution in [0, 0.1) is 0 Å². The molecular formula is C10H13ClO2. The first-order valence-electron chi connectivity index (χ1n) is 4.23. The number of halogens is 1. The van der Waals surface area contributed by atoms with Crippen LogP contribution in [-0.4, -0.2) is 5.11 Å². The summed E-state index contributed by atoms with van der Waals surface area (Å²) >= 11 is 5.57. The Hall–Kier alpha value is -0.730. The molecule has 0 amide bonds. The van der Waals surface area contributed by atoms with Crippen LogP contribution in [0.4, 0.5) is 0 Å². The molecule has 0 fully saturated rings. The van der Waals surface area contributed by atoms with Gasteiger partial charge in [0.25, 0.3) is 0 Å². The van der Waals surface area contributed by atoms with Gasteiger partial charge in [-0.3, -0.25) is 0 Å². The van der Waals surface area contributed by atoms with E-state index in [4.69, 9.17) is 16.0 Å². The summed E-state index contributed by atoms with van der Waals surface area (Å²) in [7, 11) is 0. The maximum Gasteiger partial charge on any atom is 0.193 e. The number of hydrogen-bond acceptors (Lipinski definition) is 2. The highest BCUT2D eigenvalue weighted by Crippen LogP contribution is 2.25. The molecule has 1 atom stereocenters. The van der Waals surface area contributed by atoms with E-state index in [1.807, 2.05) is 6.92 Å². The SMILES string of the molecule is C=C(CC)CC(O)c1ccc(Cl)o1. The van der Waals surface area contributed by atoms with Gasteiger partial charge in [0.05, 0.1) is 0 Å². The lowest BCUT2D eigenvalue weighted by Crippen LogP contribution is -1.96. The summed E-state index contributed by atoms with van der Waals surface area (Å²) in [6.45, 7) is 5.81. The zero-order valence-corrected chi connectivity index (χ0v) is 8.34. The Bertz CT molecular complexity index is 291. The summed E-state index contributed by atoms with van der Waals surface area (Å²) in [5.74, 6) is 0.500. The predicted octanol–water partition coefficient (Wildman–Crippen LogP) is 3.32. The van der Waals surface area contributed by atoms with E-state index in [2.05, 4.69) is 6.58 Å². The van der Waals surface area contributed by atoms with Gasteiger partial charge in [-0.05, 0) is 30.2 Å². The van der Waals surface area contributed by atoms with Gasteiger partial charge in [0.2, 0.25) is 0 Å². The van der Waals surface area contributed by atoms with E-state index >= 15 is 0 Å². The lowest BCUT2D eigenvalue weighted by molar-refractivity contribution is 0.149. The Morgan fingerprint density at radius 3 is 2.85 bits per heavy atom. The molecule has 0 bridgehead atoms. The minimum atomic E-state index is -0.625. The van der Waals surface area contributed by atoms with Crippen molar-refractivity contribution in [3.8, 4) is 0 Å². The molecule has 0 aliphatic rings. The molecule has 1 aromatic heterocycles. The van der Waals surface area contributed by atoms with Crippen LogP contribution in [0.15, 0.2) is 28.7 Å². The van der Waals surface area contributed by atoms with Gasteiger partial charge in [-0.1, -0.05) is 19.1 Å². The summed E-state index contributed by atoms with van der Waals surface area (Å²) < 4.78 is 5.06. The van der Waals surface area contributed by atoms with E-state index in [1.165, 1.54) is 0 Å². The molecule has 1 unspecified atom stereocenters. The molecule has 0 aliphatic heterocycles. The van der Waals surface area contributed by atoms with Gasteiger partial charge >= 0.3 is 0 Å². The quantitative estimate of drug-likeness (QED) is 0.757. The van der Waals surface area contributed by atoms with E-state index in [9.17, 15) is 5.11 Å². The van der Waals surface area contributed by atoms with E-state index in [0.29, 0.717) is 17.4 Å². The van der Waals surface area contributed by atoms with Gasteiger partial charge in [-0.15, -0.1) is 0 Å². The highest BCUT2D eigenvalue weighted by Gasteiger charge is 2.12. The van der Waals surface area contributed by atoms with Crippen molar-refractivity contribution in [1.29, 1.82) is 0 Å². The molecule has 3 heteroatoms. The fourth-order valence-corrected chi connectivity index (χ4v) is 1.18. The molecule has 0 aromatic carbocycles. The van der Waals surface area contributed by atoms with Gasteiger partial charge in [0, 0.05) is 6.42 Å². The maximum atomic E-state index is 9.62. The van der Waals surface area contributed by atoms with Crippen molar-refractivity contribution < 1.29 is 9.52 Å². The molecule has 1 rings (SSSR count). The smallest absolute Gasteiger partial charge is 0.193 e. The van der Waals surface area contributed by atoms with Crippen molar-refractivity contribution in [3.63, 3.8) is 0 Å². The molecule has 1 heterocycles. The summed E-state index contributed by atoms with van der Waals surface area (Å²) in [4.78, 5) is 0. The second kappa shape index (κ2) is 4.49. The highest BCUT2D eigenvalue weighted by molar-refractivity contribution is 6.28. The Labute approximate surface area is 82.8 Å². The average Bonchev–Trinajstić information content (AvgIpc) is 2.51. The third kappa shape index (κ3) is 2.90. The molecule has 13 heavy (non-hydrogen) atoms. The van der Waals surface area contributed by atoms with Crippen LogP contribution >= 0.6 is 11.6 Å². The first kappa shape index (κ1) is 10.4. The Morgan fingerprint density at radius 1 is 1.69 bits per heavy atom. The topological polar surface area (TPSA) is 33.4 Å². The summed E-state index contributed by atoms with van der Waals surface area (Å²) in [5, 5.41) is 9.92. The third-order valence-corrected chi connectivity index (χ3v) is 2.11. The number of aliphatic hydroxyl groups is 1. The zero-order valence-electron chi connectivity index (χ0n) is 7.59. The van der Waals surface area contributed by atoms with Crippen LogP contribution < -0.4 is 0 Å². The summed E-state index contributed by atoms with van der Waals surface area (Å²) in [6.07, 6.45) is 0.770. The Balaban J connectivity index is 2.58. The van der Waals surface area contributed by atoms with Crippen molar-refractivity contribution in [2.24, 2.45) is 0 Å². The van der Waals surface area contributed by atoms with Crippen LogP contribution in [0.25, 0.3) is 0 Å². The first-order valence-corrected chi connectivity index (χ1v) is 4.61. The van der Waals surface area contributed by atoms with Gasteiger partial charge in [0.15, 0.2) is 5.22 Å². The van der Waals surface area contributed by atoms with Crippen molar-refractivity contribution in [3.05, 3.63) is 35.3 Å². The number of furan rings is 1. The molecule has 1 aromatic rings. The molecule has 72 valence electrons. The van der Waals surface area contributed by atoms with Crippen molar-refractivity contribution in [1.82, 2.24) is 0 Å². The monoisotopic (exact) mass is 200 g/mol. The van der Waals surface area contributed by atoms with Crippen LogP contribution in [0.2, 0.25) is 5.22 Å².